The van der Waals surface area contributed by atoms with E-state index in [9.17, 15) is 4.79 Å². The third-order valence-electron chi connectivity index (χ3n) is 5.17. The molecule has 1 saturated carbocycles. The second-order valence-electron chi connectivity index (χ2n) is 6.47. The highest BCUT2D eigenvalue weighted by Gasteiger charge is 2.63. The van der Waals surface area contributed by atoms with Crippen molar-refractivity contribution in [2.45, 2.75) is 38.0 Å². The van der Waals surface area contributed by atoms with Gasteiger partial charge in [0.2, 0.25) is 0 Å². The summed E-state index contributed by atoms with van der Waals surface area (Å²) in [5.41, 5.74) is 1.14. The normalized spacial score (nSPS) is 28.3. The molecule has 0 radical (unpaired) electrons. The minimum atomic E-state index is -0.279. The summed E-state index contributed by atoms with van der Waals surface area (Å²) >= 11 is 5.92. The van der Waals surface area contributed by atoms with Gasteiger partial charge in [-0.3, -0.25) is 10.2 Å². The first kappa shape index (κ1) is 14.0. The first-order chi connectivity index (χ1) is 10.6. The summed E-state index contributed by atoms with van der Waals surface area (Å²) < 4.78 is 0. The zero-order chi connectivity index (χ0) is 15.3. The number of benzene rings is 1. The standard InChI is InChI=1S/C16H18ClN3O2/c17-14(18)12-8-16(6-7-16)13-9-19(12)15(21)20(13)22-10-11-4-2-1-3-5-11/h1-5,12-13,18H,6-10H2/t12-,13?/m0/s1. The molecule has 5 nitrogen and oxygen atoms in total. The number of fused-ring (bicyclic) bond motifs is 3. The lowest BCUT2D eigenvalue weighted by Gasteiger charge is -2.35. The van der Waals surface area contributed by atoms with Crippen LogP contribution in [0.15, 0.2) is 30.3 Å². The number of amides is 2. The predicted molar refractivity (Wildman–Crippen MR) is 82.6 cm³/mol. The number of urea groups is 1. The Bertz CT molecular complexity index is 617. The molecule has 0 aromatic heterocycles. The fraction of sp³-hybridized carbons (Fsp3) is 0.500. The van der Waals surface area contributed by atoms with Gasteiger partial charge in [0.1, 0.15) is 11.8 Å². The van der Waals surface area contributed by atoms with Gasteiger partial charge in [-0.05, 0) is 30.2 Å². The van der Waals surface area contributed by atoms with Crippen LogP contribution in [0.2, 0.25) is 0 Å². The number of nitrogens with zero attached hydrogens (tertiary/aromatic N) is 2. The largest absolute Gasteiger partial charge is 0.344 e. The molecule has 2 saturated heterocycles. The van der Waals surface area contributed by atoms with Gasteiger partial charge in [0.15, 0.2) is 0 Å². The van der Waals surface area contributed by atoms with Crippen molar-refractivity contribution in [3.63, 3.8) is 0 Å². The van der Waals surface area contributed by atoms with Gasteiger partial charge in [-0.2, -0.15) is 5.06 Å². The van der Waals surface area contributed by atoms with Gasteiger partial charge in [-0.25, -0.2) is 4.79 Å². The van der Waals surface area contributed by atoms with E-state index in [0.717, 1.165) is 24.8 Å². The number of hydrogen-bond donors (Lipinski definition) is 1. The van der Waals surface area contributed by atoms with Gasteiger partial charge in [0, 0.05) is 6.54 Å². The molecule has 3 fully saturated rings. The van der Waals surface area contributed by atoms with E-state index < -0.39 is 0 Å². The maximum absolute atomic E-state index is 12.6. The molecule has 1 aromatic carbocycles. The molecule has 2 atom stereocenters. The van der Waals surface area contributed by atoms with E-state index in [1.807, 2.05) is 30.3 Å². The zero-order valence-corrected chi connectivity index (χ0v) is 12.9. The van der Waals surface area contributed by atoms with E-state index in [2.05, 4.69) is 0 Å². The van der Waals surface area contributed by atoms with Crippen molar-refractivity contribution in [3.8, 4) is 0 Å². The van der Waals surface area contributed by atoms with Crippen molar-refractivity contribution in [1.29, 1.82) is 5.41 Å². The molecule has 1 aromatic rings. The molecule has 2 amide bonds. The monoisotopic (exact) mass is 319 g/mol. The molecule has 2 aliphatic heterocycles. The van der Waals surface area contributed by atoms with Crippen LogP contribution >= 0.6 is 11.6 Å². The maximum atomic E-state index is 12.6. The van der Waals surface area contributed by atoms with Crippen LogP contribution in [-0.2, 0) is 11.4 Å². The summed E-state index contributed by atoms with van der Waals surface area (Å²) in [6.45, 7) is 1.00. The second-order valence-corrected chi connectivity index (χ2v) is 6.87. The maximum Gasteiger partial charge on any atom is 0.344 e. The Labute approximate surface area is 134 Å². The van der Waals surface area contributed by atoms with Gasteiger partial charge >= 0.3 is 6.03 Å². The second kappa shape index (κ2) is 4.96. The van der Waals surface area contributed by atoms with Crippen molar-refractivity contribution in [2.75, 3.05) is 6.54 Å². The third kappa shape index (κ3) is 2.11. The van der Waals surface area contributed by atoms with Gasteiger partial charge in [0.25, 0.3) is 0 Å². The van der Waals surface area contributed by atoms with Crippen LogP contribution in [0.5, 0.6) is 0 Å². The Morgan fingerprint density at radius 2 is 2.09 bits per heavy atom. The van der Waals surface area contributed by atoms with Crippen LogP contribution in [0.1, 0.15) is 24.8 Å². The predicted octanol–water partition coefficient (Wildman–Crippen LogP) is 2.99. The molecule has 22 heavy (non-hydrogen) atoms. The van der Waals surface area contributed by atoms with E-state index in [1.165, 1.54) is 0 Å². The third-order valence-corrected chi connectivity index (χ3v) is 5.42. The fourth-order valence-electron chi connectivity index (χ4n) is 3.72. The lowest BCUT2D eigenvalue weighted by atomic mass is 9.85. The number of hydroxylamine groups is 2. The highest BCUT2D eigenvalue weighted by Crippen LogP contribution is 2.59. The topological polar surface area (TPSA) is 56.6 Å². The van der Waals surface area contributed by atoms with E-state index in [1.54, 1.807) is 9.96 Å². The van der Waals surface area contributed by atoms with Crippen LogP contribution in [0.25, 0.3) is 0 Å². The molecule has 1 aliphatic carbocycles. The molecule has 1 N–H and O–H groups in total. The molecule has 116 valence electrons. The van der Waals surface area contributed by atoms with Crippen LogP contribution < -0.4 is 0 Å². The smallest absolute Gasteiger partial charge is 0.311 e. The summed E-state index contributed by atoms with van der Waals surface area (Å²) in [5, 5.41) is 9.35. The molecular weight excluding hydrogens is 302 g/mol. The first-order valence-corrected chi connectivity index (χ1v) is 7.99. The van der Waals surface area contributed by atoms with Gasteiger partial charge in [-0.15, -0.1) is 0 Å². The molecule has 6 heteroatoms. The molecule has 1 spiro atoms. The Kier molecular flexibility index (Phi) is 3.16. The van der Waals surface area contributed by atoms with Crippen molar-refractivity contribution in [3.05, 3.63) is 35.9 Å². The summed E-state index contributed by atoms with van der Waals surface area (Å²) in [4.78, 5) is 20.1. The molecule has 1 unspecified atom stereocenters. The SMILES string of the molecule is N=C(Cl)[C@@H]1CC2(CC2)C2CN1C(=O)N2OCc1ccccc1. The van der Waals surface area contributed by atoms with Crippen LogP contribution in [-0.4, -0.2) is 39.8 Å². The van der Waals surface area contributed by atoms with Crippen LogP contribution in [0, 0.1) is 10.8 Å². The Balaban J connectivity index is 1.54. The molecular formula is C16H18ClN3O2. The average molecular weight is 320 g/mol. The van der Waals surface area contributed by atoms with Gasteiger partial charge in [0.05, 0.1) is 12.1 Å². The summed E-state index contributed by atoms with van der Waals surface area (Å²) in [5.74, 6) is 0. The van der Waals surface area contributed by atoms with Gasteiger partial charge < -0.3 is 4.90 Å². The number of nitrogens with one attached hydrogen (secondary N) is 1. The van der Waals surface area contributed by atoms with Gasteiger partial charge in [-0.1, -0.05) is 41.9 Å². The first-order valence-electron chi connectivity index (χ1n) is 7.61. The van der Waals surface area contributed by atoms with Crippen molar-refractivity contribution < 1.29 is 9.63 Å². The highest BCUT2D eigenvalue weighted by molar-refractivity contribution is 6.65. The number of carbonyl (C=O) groups excluding carboxylic acids is 1. The Hall–Kier alpha value is -1.59. The fourth-order valence-corrected chi connectivity index (χ4v) is 3.92. The van der Waals surface area contributed by atoms with E-state index in [4.69, 9.17) is 21.8 Å². The Morgan fingerprint density at radius 3 is 2.73 bits per heavy atom. The van der Waals surface area contributed by atoms with Crippen molar-refractivity contribution in [1.82, 2.24) is 9.96 Å². The molecule has 2 bridgehead atoms. The van der Waals surface area contributed by atoms with E-state index in [0.29, 0.717) is 13.2 Å². The molecule has 2 heterocycles. The summed E-state index contributed by atoms with van der Waals surface area (Å²) in [6.07, 6.45) is 2.96. The minimum Gasteiger partial charge on any atom is -0.311 e. The lowest BCUT2D eigenvalue weighted by Crippen LogP contribution is -2.47. The van der Waals surface area contributed by atoms with Crippen molar-refractivity contribution in [2.24, 2.45) is 5.41 Å². The molecule has 3 aliphatic rings. The summed E-state index contributed by atoms with van der Waals surface area (Å²) in [6, 6.07) is 9.50. The van der Waals surface area contributed by atoms with E-state index in [-0.39, 0.29) is 28.7 Å². The number of rotatable bonds is 4. The van der Waals surface area contributed by atoms with Crippen LogP contribution in [0.3, 0.4) is 0 Å². The van der Waals surface area contributed by atoms with Crippen molar-refractivity contribution >= 4 is 22.8 Å². The average Bonchev–Trinajstić information content (AvgIpc) is 3.23. The highest BCUT2D eigenvalue weighted by atomic mass is 35.5. The summed E-state index contributed by atoms with van der Waals surface area (Å²) in [7, 11) is 0. The zero-order valence-electron chi connectivity index (χ0n) is 12.2. The lowest BCUT2D eigenvalue weighted by molar-refractivity contribution is -0.153. The Morgan fingerprint density at radius 1 is 1.36 bits per heavy atom. The number of halogens is 1. The number of piperidine rings is 1. The number of hydrogen-bond acceptors (Lipinski definition) is 3. The van der Waals surface area contributed by atoms with Crippen LogP contribution in [0.4, 0.5) is 4.79 Å². The van der Waals surface area contributed by atoms with E-state index >= 15 is 0 Å². The minimum absolute atomic E-state index is 0.0583. The number of carbonyl (C=O) groups is 1. The quantitative estimate of drug-likeness (QED) is 0.867. The molecule has 4 rings (SSSR count).